The summed E-state index contributed by atoms with van der Waals surface area (Å²) in [6.45, 7) is 3.82. The van der Waals surface area contributed by atoms with Gasteiger partial charge in [-0.1, -0.05) is 0 Å². The molecule has 0 fully saturated rings. The number of hydrogen-bond acceptors (Lipinski definition) is 5. The first-order valence-corrected chi connectivity index (χ1v) is 5.22. The van der Waals surface area contributed by atoms with E-state index in [-0.39, 0.29) is 24.5 Å². The third-order valence-electron chi connectivity index (χ3n) is 2.35. The average Bonchev–Trinajstić information content (AvgIpc) is 2.55. The molecule has 94 valence electrons. The van der Waals surface area contributed by atoms with Gasteiger partial charge >= 0.3 is 5.69 Å². The van der Waals surface area contributed by atoms with Crippen molar-refractivity contribution in [2.24, 2.45) is 0 Å². The van der Waals surface area contributed by atoms with Gasteiger partial charge in [-0.25, -0.2) is 0 Å². The Labute approximate surface area is 98.5 Å². The van der Waals surface area contributed by atoms with E-state index >= 15 is 0 Å². The number of nitrogens with zero attached hydrogens (tertiary/aromatic N) is 3. The zero-order chi connectivity index (χ0) is 13.0. The maximum atomic E-state index is 11.5. The van der Waals surface area contributed by atoms with Crippen LogP contribution in [0.3, 0.4) is 0 Å². The topological polar surface area (TPSA) is 87.3 Å². The van der Waals surface area contributed by atoms with Gasteiger partial charge in [0.1, 0.15) is 18.0 Å². The van der Waals surface area contributed by atoms with Crippen LogP contribution in [0.15, 0.2) is 0 Å². The Balaban J connectivity index is 3.10. The standard InChI is InChI=1S/C10H15N3O4/c1-4-12-9(5-8(14)6-17-3)10(13(15)16)7(2)11-12/h4-6H2,1-3H3. The van der Waals surface area contributed by atoms with Gasteiger partial charge in [0, 0.05) is 13.7 Å². The predicted molar refractivity (Wildman–Crippen MR) is 59.9 cm³/mol. The van der Waals surface area contributed by atoms with Crippen LogP contribution in [0, 0.1) is 17.0 Å². The van der Waals surface area contributed by atoms with Gasteiger partial charge in [-0.3, -0.25) is 19.6 Å². The van der Waals surface area contributed by atoms with E-state index in [1.54, 1.807) is 6.92 Å². The van der Waals surface area contributed by atoms with E-state index in [9.17, 15) is 14.9 Å². The number of carbonyl (C=O) groups excluding carboxylic acids is 1. The zero-order valence-corrected chi connectivity index (χ0v) is 10.1. The van der Waals surface area contributed by atoms with Gasteiger partial charge in [-0.2, -0.15) is 5.10 Å². The van der Waals surface area contributed by atoms with Crippen molar-refractivity contribution in [1.82, 2.24) is 9.78 Å². The van der Waals surface area contributed by atoms with Crippen molar-refractivity contribution in [3.05, 3.63) is 21.5 Å². The number of rotatable bonds is 6. The second-order valence-corrected chi connectivity index (χ2v) is 3.60. The van der Waals surface area contributed by atoms with E-state index in [0.717, 1.165) is 0 Å². The van der Waals surface area contributed by atoms with Gasteiger partial charge in [0.15, 0.2) is 5.78 Å². The Kier molecular flexibility index (Phi) is 4.33. The molecule has 0 bridgehead atoms. The van der Waals surface area contributed by atoms with Crippen LogP contribution in [0.5, 0.6) is 0 Å². The number of aromatic nitrogens is 2. The average molecular weight is 241 g/mol. The molecule has 0 atom stereocenters. The highest BCUT2D eigenvalue weighted by Gasteiger charge is 2.26. The molecule has 0 spiro atoms. The fourth-order valence-electron chi connectivity index (χ4n) is 1.69. The summed E-state index contributed by atoms with van der Waals surface area (Å²) in [5.41, 5.74) is 0.602. The molecular weight excluding hydrogens is 226 g/mol. The molecule has 0 amide bonds. The van der Waals surface area contributed by atoms with Gasteiger partial charge in [-0.05, 0) is 13.8 Å². The van der Waals surface area contributed by atoms with Crippen LogP contribution in [0.4, 0.5) is 5.69 Å². The quantitative estimate of drug-likeness (QED) is 0.545. The molecule has 0 saturated heterocycles. The maximum Gasteiger partial charge on any atom is 0.313 e. The largest absolute Gasteiger partial charge is 0.377 e. The minimum atomic E-state index is -0.496. The highest BCUT2D eigenvalue weighted by Crippen LogP contribution is 2.23. The van der Waals surface area contributed by atoms with Gasteiger partial charge < -0.3 is 4.74 Å². The Morgan fingerprint density at radius 1 is 1.59 bits per heavy atom. The van der Waals surface area contributed by atoms with Crippen LogP contribution in [-0.2, 0) is 22.5 Å². The van der Waals surface area contributed by atoms with Crippen molar-refractivity contribution in [3.8, 4) is 0 Å². The molecule has 1 heterocycles. The van der Waals surface area contributed by atoms with Gasteiger partial charge in [0.2, 0.25) is 0 Å². The summed E-state index contributed by atoms with van der Waals surface area (Å²) in [6.07, 6.45) is -0.0289. The van der Waals surface area contributed by atoms with E-state index < -0.39 is 4.92 Å². The van der Waals surface area contributed by atoms with Gasteiger partial charge in [0.25, 0.3) is 0 Å². The van der Waals surface area contributed by atoms with Crippen molar-refractivity contribution < 1.29 is 14.5 Å². The van der Waals surface area contributed by atoms with Crippen LogP contribution in [0.2, 0.25) is 0 Å². The molecule has 7 heteroatoms. The van der Waals surface area contributed by atoms with E-state index in [2.05, 4.69) is 5.10 Å². The summed E-state index contributed by atoms with van der Waals surface area (Å²) in [5.74, 6) is -0.204. The van der Waals surface area contributed by atoms with E-state index in [0.29, 0.717) is 17.9 Å². The molecular formula is C10H15N3O4. The van der Waals surface area contributed by atoms with E-state index in [1.807, 2.05) is 6.92 Å². The second-order valence-electron chi connectivity index (χ2n) is 3.60. The van der Waals surface area contributed by atoms with Crippen molar-refractivity contribution >= 4 is 11.5 Å². The normalized spacial score (nSPS) is 10.5. The predicted octanol–water partition coefficient (Wildman–Crippen LogP) is 0.878. The Morgan fingerprint density at radius 3 is 2.71 bits per heavy atom. The molecule has 0 aromatic carbocycles. The molecule has 0 N–H and O–H groups in total. The van der Waals surface area contributed by atoms with Crippen LogP contribution in [-0.4, -0.2) is 34.2 Å². The van der Waals surface area contributed by atoms with E-state index in [1.165, 1.54) is 11.8 Å². The number of methoxy groups -OCH3 is 1. The monoisotopic (exact) mass is 241 g/mol. The molecule has 17 heavy (non-hydrogen) atoms. The third-order valence-corrected chi connectivity index (χ3v) is 2.35. The van der Waals surface area contributed by atoms with Gasteiger partial charge in [0.05, 0.1) is 11.3 Å². The molecule has 1 aromatic rings. The van der Waals surface area contributed by atoms with Gasteiger partial charge in [-0.15, -0.1) is 0 Å². The highest BCUT2D eigenvalue weighted by molar-refractivity contribution is 5.82. The fourth-order valence-corrected chi connectivity index (χ4v) is 1.69. The number of nitro groups is 1. The summed E-state index contributed by atoms with van der Waals surface area (Å²) >= 11 is 0. The number of ether oxygens (including phenoxy) is 1. The number of carbonyl (C=O) groups is 1. The first-order valence-electron chi connectivity index (χ1n) is 5.22. The molecule has 1 aromatic heterocycles. The van der Waals surface area contributed by atoms with Crippen molar-refractivity contribution in [2.75, 3.05) is 13.7 Å². The SMILES string of the molecule is CCn1nc(C)c([N+](=O)[O-])c1CC(=O)COC. The summed E-state index contributed by atoms with van der Waals surface area (Å²) in [5, 5.41) is 15.0. The Morgan fingerprint density at radius 2 is 2.24 bits per heavy atom. The number of Topliss-reactive ketones (excluding diaryl/α,β-unsaturated/α-hetero) is 1. The summed E-state index contributed by atoms with van der Waals surface area (Å²) in [4.78, 5) is 21.9. The molecule has 0 unspecified atom stereocenters. The molecule has 1 rings (SSSR count). The van der Waals surface area contributed by atoms with Crippen LogP contribution in [0.25, 0.3) is 0 Å². The molecule has 0 saturated carbocycles. The minimum absolute atomic E-state index is 0.0289. The fraction of sp³-hybridized carbons (Fsp3) is 0.600. The molecule has 0 radical (unpaired) electrons. The van der Waals surface area contributed by atoms with E-state index in [4.69, 9.17) is 4.74 Å². The maximum absolute atomic E-state index is 11.5. The second kappa shape index (κ2) is 5.53. The number of ketones is 1. The Hall–Kier alpha value is -1.76. The Bertz CT molecular complexity index is 439. The molecule has 0 aliphatic rings. The summed E-state index contributed by atoms with van der Waals surface area (Å²) in [7, 11) is 1.41. The molecule has 0 aliphatic carbocycles. The lowest BCUT2D eigenvalue weighted by atomic mass is 10.2. The summed E-state index contributed by atoms with van der Waals surface area (Å²) in [6, 6.07) is 0. The van der Waals surface area contributed by atoms with Crippen molar-refractivity contribution in [3.63, 3.8) is 0 Å². The zero-order valence-electron chi connectivity index (χ0n) is 10.1. The molecule has 0 aliphatic heterocycles. The van der Waals surface area contributed by atoms with Crippen LogP contribution < -0.4 is 0 Å². The first kappa shape index (κ1) is 13.3. The number of aryl methyl sites for hydroxylation is 2. The summed E-state index contributed by atoms with van der Waals surface area (Å²) < 4.78 is 6.19. The third kappa shape index (κ3) is 2.88. The number of hydrogen-bond donors (Lipinski definition) is 0. The van der Waals surface area contributed by atoms with Crippen LogP contribution in [0.1, 0.15) is 18.3 Å². The lowest BCUT2D eigenvalue weighted by Crippen LogP contribution is -2.14. The minimum Gasteiger partial charge on any atom is -0.377 e. The first-order chi connectivity index (χ1) is 8.01. The lowest BCUT2D eigenvalue weighted by molar-refractivity contribution is -0.386. The highest BCUT2D eigenvalue weighted by atomic mass is 16.6. The van der Waals surface area contributed by atoms with Crippen molar-refractivity contribution in [2.45, 2.75) is 26.8 Å². The van der Waals surface area contributed by atoms with Crippen molar-refractivity contribution in [1.29, 1.82) is 0 Å². The van der Waals surface area contributed by atoms with Crippen LogP contribution >= 0.6 is 0 Å². The smallest absolute Gasteiger partial charge is 0.313 e. The lowest BCUT2D eigenvalue weighted by Gasteiger charge is -2.03. The molecule has 7 nitrogen and oxygen atoms in total.